The third-order valence-corrected chi connectivity index (χ3v) is 6.13. The molecular formula is C19H24N4O3. The number of urea groups is 1. The number of methoxy groups -OCH3 is 1. The number of carbonyl (C=O) groups excluding carboxylic acids is 2. The first-order chi connectivity index (χ1) is 12.5. The zero-order valence-corrected chi connectivity index (χ0v) is 15.1. The van der Waals surface area contributed by atoms with E-state index < -0.39 is 17.6 Å². The van der Waals surface area contributed by atoms with Crippen molar-refractivity contribution in [2.24, 2.45) is 16.3 Å². The molecule has 0 radical (unpaired) electrons. The number of ether oxygens (including phenoxy) is 1. The molecule has 0 spiro atoms. The summed E-state index contributed by atoms with van der Waals surface area (Å²) in [5.41, 5.74) is 7.60. The summed E-state index contributed by atoms with van der Waals surface area (Å²) < 4.78 is 5.29. The van der Waals surface area contributed by atoms with Gasteiger partial charge >= 0.3 is 12.0 Å². The number of likely N-dealkylation sites (N-methyl/N-ethyl adjacent to an activating group) is 1. The van der Waals surface area contributed by atoms with E-state index in [9.17, 15) is 9.59 Å². The van der Waals surface area contributed by atoms with Crippen molar-refractivity contribution >= 4 is 23.4 Å². The van der Waals surface area contributed by atoms with Crippen LogP contribution in [0.3, 0.4) is 0 Å². The van der Waals surface area contributed by atoms with Gasteiger partial charge in [-0.2, -0.15) is 10.1 Å². The number of primary amides is 1. The third kappa shape index (κ3) is 2.09. The van der Waals surface area contributed by atoms with Crippen LogP contribution in [0.25, 0.3) is 0 Å². The molecule has 0 aromatic heterocycles. The molecule has 1 saturated carbocycles. The molecule has 2 heterocycles. The Morgan fingerprint density at radius 3 is 2.77 bits per heavy atom. The SMILES string of the molecule is COC(=O)[C@]12CCCCCC1=NN(C(N)=O)[C@@H]1[C@H]2c2ccccc2N1C. The first-order valence-corrected chi connectivity index (χ1v) is 9.09. The molecule has 7 heteroatoms. The summed E-state index contributed by atoms with van der Waals surface area (Å²) in [6.07, 6.45) is 3.83. The van der Waals surface area contributed by atoms with Crippen LogP contribution in [0.2, 0.25) is 0 Å². The molecule has 0 saturated heterocycles. The molecule has 1 aromatic rings. The van der Waals surface area contributed by atoms with Gasteiger partial charge in [-0.1, -0.05) is 31.0 Å². The minimum absolute atomic E-state index is 0.241. The quantitative estimate of drug-likeness (QED) is 0.783. The normalized spacial score (nSPS) is 29.8. The predicted molar refractivity (Wildman–Crippen MR) is 97.8 cm³/mol. The number of rotatable bonds is 1. The summed E-state index contributed by atoms with van der Waals surface area (Å²) in [6.45, 7) is 0. The van der Waals surface area contributed by atoms with Gasteiger partial charge < -0.3 is 15.4 Å². The van der Waals surface area contributed by atoms with Crippen molar-refractivity contribution < 1.29 is 14.3 Å². The number of carbonyl (C=O) groups is 2. The van der Waals surface area contributed by atoms with E-state index in [0.29, 0.717) is 12.8 Å². The molecule has 3 aliphatic rings. The van der Waals surface area contributed by atoms with Crippen molar-refractivity contribution in [3.63, 3.8) is 0 Å². The van der Waals surface area contributed by atoms with Crippen molar-refractivity contribution in [3.8, 4) is 0 Å². The van der Waals surface area contributed by atoms with Crippen molar-refractivity contribution in [2.75, 3.05) is 19.1 Å². The van der Waals surface area contributed by atoms with Gasteiger partial charge in [0.1, 0.15) is 11.6 Å². The standard InChI is InChI=1S/C19H24N4O3/c1-22-13-9-6-5-8-12(13)15-16(22)23(18(20)25)21-14-10-4-3-7-11-19(14,15)17(24)26-2/h5-6,8-9,15-16H,3-4,7,10-11H2,1-2H3,(H2,20,25)/t15-,16-,19-/m1/s1. The van der Waals surface area contributed by atoms with E-state index in [0.717, 1.165) is 36.2 Å². The van der Waals surface area contributed by atoms with Crippen molar-refractivity contribution in [1.29, 1.82) is 0 Å². The van der Waals surface area contributed by atoms with Crippen LogP contribution in [0.1, 0.15) is 43.6 Å². The fraction of sp³-hybridized carbons (Fsp3) is 0.526. The molecule has 1 aromatic carbocycles. The van der Waals surface area contributed by atoms with Crippen LogP contribution in [0.4, 0.5) is 10.5 Å². The van der Waals surface area contributed by atoms with Gasteiger partial charge in [-0.15, -0.1) is 0 Å². The third-order valence-electron chi connectivity index (χ3n) is 6.13. The van der Waals surface area contributed by atoms with Crippen molar-refractivity contribution in [1.82, 2.24) is 5.01 Å². The number of benzene rings is 1. The highest BCUT2D eigenvalue weighted by atomic mass is 16.5. The lowest BCUT2D eigenvalue weighted by atomic mass is 9.64. The fourth-order valence-electron chi connectivity index (χ4n) is 5.04. The maximum absolute atomic E-state index is 13.2. The van der Waals surface area contributed by atoms with Gasteiger partial charge in [0.15, 0.2) is 0 Å². The largest absolute Gasteiger partial charge is 0.468 e. The highest BCUT2D eigenvalue weighted by Crippen LogP contribution is 2.57. The van der Waals surface area contributed by atoms with Gasteiger partial charge in [0, 0.05) is 18.7 Å². The summed E-state index contributed by atoms with van der Waals surface area (Å²) in [7, 11) is 3.35. The molecule has 26 heavy (non-hydrogen) atoms. The molecule has 2 aliphatic heterocycles. The number of nitrogens with two attached hydrogens (primary N) is 1. The highest BCUT2D eigenvalue weighted by molar-refractivity contribution is 6.09. The number of fused-ring (bicyclic) bond motifs is 5. The monoisotopic (exact) mass is 356 g/mol. The molecule has 1 fully saturated rings. The smallest absolute Gasteiger partial charge is 0.337 e. The number of hydrogen-bond donors (Lipinski definition) is 1. The number of hydrogen-bond acceptors (Lipinski definition) is 5. The molecule has 138 valence electrons. The number of nitrogens with zero attached hydrogens (tertiary/aromatic N) is 3. The number of amides is 2. The molecule has 0 bridgehead atoms. The maximum Gasteiger partial charge on any atom is 0.337 e. The van der Waals surface area contributed by atoms with E-state index in [1.165, 1.54) is 12.1 Å². The predicted octanol–water partition coefficient (Wildman–Crippen LogP) is 2.42. The van der Waals surface area contributed by atoms with E-state index in [-0.39, 0.29) is 11.9 Å². The Kier molecular flexibility index (Phi) is 3.89. The second kappa shape index (κ2) is 6.00. The van der Waals surface area contributed by atoms with Gasteiger partial charge in [-0.05, 0) is 30.9 Å². The maximum atomic E-state index is 13.2. The second-order valence-electron chi connectivity index (χ2n) is 7.31. The van der Waals surface area contributed by atoms with Gasteiger partial charge in [0.05, 0.1) is 12.8 Å². The Balaban J connectivity index is 2.00. The lowest BCUT2D eigenvalue weighted by Gasteiger charge is -2.47. The van der Waals surface area contributed by atoms with Crippen molar-refractivity contribution in [2.45, 2.75) is 44.2 Å². The topological polar surface area (TPSA) is 88.2 Å². The van der Waals surface area contributed by atoms with Crippen LogP contribution in [0, 0.1) is 5.41 Å². The van der Waals surface area contributed by atoms with E-state index in [1.54, 1.807) is 0 Å². The minimum Gasteiger partial charge on any atom is -0.468 e. The van der Waals surface area contributed by atoms with E-state index >= 15 is 0 Å². The number of esters is 1. The Morgan fingerprint density at radius 1 is 1.27 bits per heavy atom. The summed E-state index contributed by atoms with van der Waals surface area (Å²) in [6, 6.07) is 7.37. The number of para-hydroxylation sites is 1. The number of hydrazone groups is 1. The van der Waals surface area contributed by atoms with Crippen LogP contribution in [-0.4, -0.2) is 43.0 Å². The van der Waals surface area contributed by atoms with E-state index in [4.69, 9.17) is 10.5 Å². The summed E-state index contributed by atoms with van der Waals surface area (Å²) >= 11 is 0. The van der Waals surface area contributed by atoms with E-state index in [1.807, 2.05) is 36.2 Å². The zero-order valence-electron chi connectivity index (χ0n) is 15.1. The zero-order chi connectivity index (χ0) is 18.5. The Morgan fingerprint density at radius 2 is 2.04 bits per heavy atom. The average Bonchev–Trinajstić information content (AvgIpc) is 2.81. The molecular weight excluding hydrogens is 332 g/mol. The van der Waals surface area contributed by atoms with Crippen LogP contribution in [-0.2, 0) is 9.53 Å². The molecule has 1 aliphatic carbocycles. The van der Waals surface area contributed by atoms with Crippen LogP contribution < -0.4 is 10.6 Å². The van der Waals surface area contributed by atoms with Gasteiger partial charge in [-0.3, -0.25) is 4.79 Å². The molecule has 3 atom stereocenters. The highest BCUT2D eigenvalue weighted by Gasteiger charge is 2.62. The first kappa shape index (κ1) is 16.9. The molecule has 0 unspecified atom stereocenters. The number of anilines is 1. The molecule has 2 N–H and O–H groups in total. The van der Waals surface area contributed by atoms with Crippen LogP contribution in [0.15, 0.2) is 29.4 Å². The second-order valence-corrected chi connectivity index (χ2v) is 7.31. The van der Waals surface area contributed by atoms with Gasteiger partial charge in [0.2, 0.25) is 0 Å². The summed E-state index contributed by atoms with van der Waals surface area (Å²) in [5, 5.41) is 5.97. The Labute approximate surface area is 152 Å². The minimum atomic E-state index is -0.845. The Bertz CT molecular complexity index is 793. The molecule has 4 rings (SSSR count). The first-order valence-electron chi connectivity index (χ1n) is 9.09. The van der Waals surface area contributed by atoms with Crippen LogP contribution >= 0.6 is 0 Å². The summed E-state index contributed by atoms with van der Waals surface area (Å²) in [4.78, 5) is 27.4. The van der Waals surface area contributed by atoms with Gasteiger partial charge in [0.25, 0.3) is 0 Å². The Hall–Kier alpha value is -2.57. The molecule has 7 nitrogen and oxygen atoms in total. The lowest BCUT2D eigenvalue weighted by molar-refractivity contribution is -0.151. The van der Waals surface area contributed by atoms with Crippen molar-refractivity contribution in [3.05, 3.63) is 29.8 Å². The van der Waals surface area contributed by atoms with Crippen LogP contribution in [0.5, 0.6) is 0 Å². The fourth-order valence-corrected chi connectivity index (χ4v) is 5.04. The van der Waals surface area contributed by atoms with Gasteiger partial charge in [-0.25, -0.2) is 4.79 Å². The van der Waals surface area contributed by atoms with E-state index in [2.05, 4.69) is 5.10 Å². The summed E-state index contributed by atoms with van der Waals surface area (Å²) in [5.74, 6) is -0.503. The average molecular weight is 356 g/mol. The molecule has 2 amide bonds. The lowest BCUT2D eigenvalue weighted by Crippen LogP contribution is -2.60.